The highest BCUT2D eigenvalue weighted by atomic mass is 35.5. The molecule has 3 aromatic rings. The first-order valence-electron chi connectivity index (χ1n) is 9.90. The Morgan fingerprint density at radius 3 is 2.79 bits per heavy atom. The van der Waals surface area contributed by atoms with Gasteiger partial charge in [0.25, 0.3) is 0 Å². The highest BCUT2D eigenvalue weighted by Gasteiger charge is 2.29. The van der Waals surface area contributed by atoms with E-state index in [1.165, 1.54) is 23.1 Å². The van der Waals surface area contributed by atoms with E-state index in [2.05, 4.69) is 11.4 Å². The van der Waals surface area contributed by atoms with Crippen molar-refractivity contribution in [1.82, 2.24) is 9.88 Å². The normalized spacial score (nSPS) is 18.8. The number of halogens is 1. The SMILES string of the molecule is CNC1CCCc2sc(-c3ccc4c(=O)c(C(=O)O)cn(C5CC5)c4c3Cl)cc21. The lowest BCUT2D eigenvalue weighted by Crippen LogP contribution is -2.19. The number of benzene rings is 1. The standard InChI is InChI=1S/C22H21ClN2O3S/c1-24-16-3-2-4-17-14(16)9-18(29-17)12-7-8-13-20(19(12)23)25(11-5-6-11)10-15(21(13)26)22(27)28/h7-11,16,24H,2-6H2,1H3,(H,27,28). The first-order chi connectivity index (χ1) is 14.0. The molecule has 29 heavy (non-hydrogen) atoms. The summed E-state index contributed by atoms with van der Waals surface area (Å²) in [6, 6.07) is 6.39. The number of thiophene rings is 1. The van der Waals surface area contributed by atoms with Crippen LogP contribution in [-0.2, 0) is 6.42 Å². The van der Waals surface area contributed by atoms with Crippen LogP contribution < -0.4 is 10.7 Å². The summed E-state index contributed by atoms with van der Waals surface area (Å²) < 4.78 is 1.90. The van der Waals surface area contributed by atoms with E-state index in [0.717, 1.165) is 36.1 Å². The van der Waals surface area contributed by atoms with Crippen LogP contribution in [0.2, 0.25) is 5.02 Å². The number of hydrogen-bond acceptors (Lipinski definition) is 4. The molecule has 5 nitrogen and oxygen atoms in total. The number of carbonyl (C=O) groups is 1. The molecule has 0 radical (unpaired) electrons. The van der Waals surface area contributed by atoms with Gasteiger partial charge in [-0.1, -0.05) is 17.7 Å². The number of aryl methyl sites for hydroxylation is 1. The molecule has 150 valence electrons. The Kier molecular flexibility index (Phi) is 4.53. The monoisotopic (exact) mass is 428 g/mol. The molecule has 1 aromatic carbocycles. The zero-order chi connectivity index (χ0) is 20.3. The topological polar surface area (TPSA) is 71.3 Å². The smallest absolute Gasteiger partial charge is 0.341 e. The molecule has 5 rings (SSSR count). The van der Waals surface area contributed by atoms with E-state index in [0.29, 0.717) is 22.0 Å². The van der Waals surface area contributed by atoms with Crippen molar-refractivity contribution < 1.29 is 9.90 Å². The third-order valence-electron chi connectivity index (χ3n) is 6.03. The van der Waals surface area contributed by atoms with Gasteiger partial charge in [-0.3, -0.25) is 4.79 Å². The zero-order valence-corrected chi connectivity index (χ0v) is 17.6. The molecule has 0 spiro atoms. The van der Waals surface area contributed by atoms with Gasteiger partial charge in [0.15, 0.2) is 0 Å². The molecule has 7 heteroatoms. The summed E-state index contributed by atoms with van der Waals surface area (Å²) in [5.74, 6) is -1.20. The lowest BCUT2D eigenvalue weighted by molar-refractivity contribution is 0.0695. The number of fused-ring (bicyclic) bond motifs is 2. The van der Waals surface area contributed by atoms with Crippen molar-refractivity contribution in [2.45, 2.75) is 44.2 Å². The Bertz CT molecular complexity index is 1210. The van der Waals surface area contributed by atoms with Crippen LogP contribution in [0.25, 0.3) is 21.3 Å². The number of aromatic carboxylic acids is 1. The van der Waals surface area contributed by atoms with Gasteiger partial charge < -0.3 is 15.0 Å². The predicted octanol–water partition coefficient (Wildman–Crippen LogP) is 5.01. The number of aromatic nitrogens is 1. The van der Waals surface area contributed by atoms with Crippen molar-refractivity contribution in [3.8, 4) is 10.4 Å². The van der Waals surface area contributed by atoms with Gasteiger partial charge in [-0.25, -0.2) is 4.79 Å². The summed E-state index contributed by atoms with van der Waals surface area (Å²) in [6.45, 7) is 0. The second-order valence-electron chi connectivity index (χ2n) is 7.86. The van der Waals surface area contributed by atoms with E-state index < -0.39 is 11.4 Å². The molecule has 1 unspecified atom stereocenters. The Balaban J connectivity index is 1.73. The van der Waals surface area contributed by atoms with E-state index in [4.69, 9.17) is 11.6 Å². The highest BCUT2D eigenvalue weighted by molar-refractivity contribution is 7.15. The Morgan fingerprint density at radius 2 is 2.10 bits per heavy atom. The summed E-state index contributed by atoms with van der Waals surface area (Å²) in [6.07, 6.45) is 6.78. The molecule has 1 atom stereocenters. The maximum atomic E-state index is 12.7. The molecule has 2 heterocycles. The number of carboxylic acids is 1. The van der Waals surface area contributed by atoms with Gasteiger partial charge in [0.05, 0.1) is 10.5 Å². The van der Waals surface area contributed by atoms with Crippen molar-refractivity contribution in [3.63, 3.8) is 0 Å². The molecule has 2 N–H and O–H groups in total. The van der Waals surface area contributed by atoms with Crippen molar-refractivity contribution in [2.24, 2.45) is 0 Å². The summed E-state index contributed by atoms with van der Waals surface area (Å²) in [5.41, 5.74) is 2.23. The van der Waals surface area contributed by atoms with Gasteiger partial charge in [0.2, 0.25) is 5.43 Å². The minimum Gasteiger partial charge on any atom is -0.477 e. The van der Waals surface area contributed by atoms with E-state index in [-0.39, 0.29) is 11.6 Å². The minimum absolute atomic E-state index is 0.198. The molecule has 0 saturated heterocycles. The zero-order valence-electron chi connectivity index (χ0n) is 16.0. The van der Waals surface area contributed by atoms with Crippen LogP contribution >= 0.6 is 22.9 Å². The largest absolute Gasteiger partial charge is 0.477 e. The third kappa shape index (κ3) is 3.01. The fourth-order valence-electron chi connectivity index (χ4n) is 4.38. The quantitative estimate of drug-likeness (QED) is 0.612. The fourth-order valence-corrected chi connectivity index (χ4v) is 6.10. The van der Waals surface area contributed by atoms with Gasteiger partial charge in [-0.05, 0) is 56.8 Å². The molecule has 2 aliphatic rings. The molecular weight excluding hydrogens is 408 g/mol. The summed E-state index contributed by atoms with van der Waals surface area (Å²) in [5, 5.41) is 13.7. The van der Waals surface area contributed by atoms with Crippen LogP contribution in [0.3, 0.4) is 0 Å². The van der Waals surface area contributed by atoms with E-state index in [1.807, 2.05) is 17.7 Å². The lowest BCUT2D eigenvalue weighted by Gasteiger charge is -2.21. The van der Waals surface area contributed by atoms with E-state index in [1.54, 1.807) is 17.4 Å². The number of carboxylic acid groups (broad SMARTS) is 1. The maximum Gasteiger partial charge on any atom is 0.341 e. The van der Waals surface area contributed by atoms with Crippen LogP contribution in [0, 0.1) is 0 Å². The predicted molar refractivity (Wildman–Crippen MR) is 117 cm³/mol. The molecule has 1 saturated carbocycles. The van der Waals surface area contributed by atoms with Gasteiger partial charge in [-0.2, -0.15) is 0 Å². The van der Waals surface area contributed by atoms with Gasteiger partial charge in [0, 0.05) is 39.0 Å². The molecule has 0 amide bonds. The molecule has 1 fully saturated rings. The first kappa shape index (κ1) is 18.9. The number of pyridine rings is 1. The lowest BCUT2D eigenvalue weighted by atomic mass is 9.93. The molecule has 2 aromatic heterocycles. The van der Waals surface area contributed by atoms with Crippen molar-refractivity contribution in [2.75, 3.05) is 7.05 Å². The van der Waals surface area contributed by atoms with Crippen LogP contribution in [0.15, 0.2) is 29.2 Å². The van der Waals surface area contributed by atoms with Gasteiger partial charge in [-0.15, -0.1) is 11.3 Å². The maximum absolute atomic E-state index is 12.7. The van der Waals surface area contributed by atoms with Gasteiger partial charge >= 0.3 is 5.97 Å². The second-order valence-corrected chi connectivity index (χ2v) is 9.38. The molecule has 2 aliphatic carbocycles. The Hall–Kier alpha value is -2.15. The summed E-state index contributed by atoms with van der Waals surface area (Å²) in [7, 11) is 1.99. The second kappa shape index (κ2) is 6.97. The van der Waals surface area contributed by atoms with Crippen LogP contribution in [-0.4, -0.2) is 22.7 Å². The molecular formula is C22H21ClN2O3S. The van der Waals surface area contributed by atoms with Crippen molar-refractivity contribution >= 4 is 39.8 Å². The summed E-state index contributed by atoms with van der Waals surface area (Å²) in [4.78, 5) is 26.8. The van der Waals surface area contributed by atoms with Crippen LogP contribution in [0.1, 0.15) is 58.6 Å². The Labute approximate surface area is 176 Å². The van der Waals surface area contributed by atoms with Crippen LogP contribution in [0.4, 0.5) is 0 Å². The van der Waals surface area contributed by atoms with Crippen molar-refractivity contribution in [3.05, 3.63) is 55.6 Å². The fraction of sp³-hybridized carbons (Fsp3) is 0.364. The highest BCUT2D eigenvalue weighted by Crippen LogP contribution is 2.45. The number of nitrogens with zero attached hydrogens (tertiary/aromatic N) is 1. The average molecular weight is 429 g/mol. The Morgan fingerprint density at radius 1 is 1.31 bits per heavy atom. The van der Waals surface area contributed by atoms with Gasteiger partial charge in [0.1, 0.15) is 5.56 Å². The molecule has 0 aliphatic heterocycles. The average Bonchev–Trinajstić information content (AvgIpc) is 3.46. The number of rotatable bonds is 4. The summed E-state index contributed by atoms with van der Waals surface area (Å²) >= 11 is 8.64. The van der Waals surface area contributed by atoms with E-state index >= 15 is 0 Å². The molecule has 0 bridgehead atoms. The minimum atomic E-state index is -1.20. The van der Waals surface area contributed by atoms with Crippen molar-refractivity contribution in [1.29, 1.82) is 0 Å². The number of nitrogens with one attached hydrogen (secondary N) is 1. The van der Waals surface area contributed by atoms with E-state index in [9.17, 15) is 14.7 Å². The number of hydrogen-bond donors (Lipinski definition) is 2. The first-order valence-corrected chi connectivity index (χ1v) is 11.1. The third-order valence-corrected chi connectivity index (χ3v) is 7.66. The van der Waals surface area contributed by atoms with Crippen LogP contribution in [0.5, 0.6) is 0 Å².